The molecular weight excluding hydrogens is 266 g/mol. The van der Waals surface area contributed by atoms with Crippen molar-refractivity contribution >= 4 is 11.8 Å². The minimum absolute atomic E-state index is 0.0257. The molecule has 3 rings (SSSR count). The Morgan fingerprint density at radius 2 is 1.95 bits per heavy atom. The molecule has 1 N–H and O–H groups in total. The average Bonchev–Trinajstić information content (AvgIpc) is 2.98. The Hall–Kier alpha value is -1.10. The molecule has 3 heterocycles. The van der Waals surface area contributed by atoms with Gasteiger partial charge in [0.2, 0.25) is 11.8 Å². The van der Waals surface area contributed by atoms with Crippen LogP contribution >= 0.6 is 0 Å². The topological polar surface area (TPSA) is 52.7 Å². The number of nitrogens with one attached hydrogen (secondary N) is 1. The molecular formula is C16H27N3O2. The lowest BCUT2D eigenvalue weighted by molar-refractivity contribution is -0.136. The second-order valence-electron chi connectivity index (χ2n) is 7.13. The molecule has 0 aromatic carbocycles. The molecule has 0 saturated carbocycles. The molecule has 0 radical (unpaired) electrons. The summed E-state index contributed by atoms with van der Waals surface area (Å²) in [5.74, 6) is 0.580. The largest absolute Gasteiger partial charge is 0.344 e. The van der Waals surface area contributed by atoms with Crippen LogP contribution in [0.1, 0.15) is 46.0 Å². The fraction of sp³-hybridized carbons (Fsp3) is 0.875. The van der Waals surface area contributed by atoms with E-state index in [1.165, 1.54) is 19.4 Å². The number of rotatable bonds is 3. The van der Waals surface area contributed by atoms with Gasteiger partial charge in [0.05, 0.1) is 0 Å². The molecule has 3 unspecified atom stereocenters. The standard InChI is InChI=1S/C16H27N3O2/c1-11(2)10-12-16(21)19(9-6-15(20)17-12)14-5-8-18-7-3-4-13(14)18/h11-14H,3-10H2,1-2H3,(H,17,20). The van der Waals surface area contributed by atoms with E-state index < -0.39 is 0 Å². The average molecular weight is 293 g/mol. The molecule has 0 aliphatic carbocycles. The SMILES string of the molecule is CC(C)CC1NC(=O)CCN(C2CCN3CCCC23)C1=O. The van der Waals surface area contributed by atoms with Crippen molar-refractivity contribution in [3.63, 3.8) is 0 Å². The highest BCUT2D eigenvalue weighted by molar-refractivity contribution is 5.90. The first-order valence-corrected chi connectivity index (χ1v) is 8.40. The van der Waals surface area contributed by atoms with Gasteiger partial charge in [0.1, 0.15) is 6.04 Å². The first-order chi connectivity index (χ1) is 10.1. The van der Waals surface area contributed by atoms with E-state index >= 15 is 0 Å². The Bertz CT molecular complexity index is 424. The third kappa shape index (κ3) is 2.93. The number of hydrogen-bond acceptors (Lipinski definition) is 3. The molecule has 3 saturated heterocycles. The molecule has 3 aliphatic rings. The molecule has 0 spiro atoms. The highest BCUT2D eigenvalue weighted by atomic mass is 16.2. The molecule has 0 bridgehead atoms. The van der Waals surface area contributed by atoms with Gasteiger partial charge in [-0.3, -0.25) is 14.5 Å². The van der Waals surface area contributed by atoms with Gasteiger partial charge in [-0.2, -0.15) is 0 Å². The monoisotopic (exact) mass is 293 g/mol. The van der Waals surface area contributed by atoms with Gasteiger partial charge in [-0.15, -0.1) is 0 Å². The van der Waals surface area contributed by atoms with E-state index in [2.05, 4.69) is 24.1 Å². The van der Waals surface area contributed by atoms with Crippen LogP contribution in [0.2, 0.25) is 0 Å². The fourth-order valence-electron chi connectivity index (χ4n) is 4.24. The zero-order valence-corrected chi connectivity index (χ0v) is 13.2. The van der Waals surface area contributed by atoms with Crippen molar-refractivity contribution in [1.29, 1.82) is 0 Å². The zero-order chi connectivity index (χ0) is 15.0. The third-order valence-corrected chi connectivity index (χ3v) is 5.17. The Kier molecular flexibility index (Phi) is 4.20. The predicted molar refractivity (Wildman–Crippen MR) is 80.7 cm³/mol. The van der Waals surface area contributed by atoms with Crippen LogP contribution in [-0.2, 0) is 9.59 Å². The number of nitrogens with zero attached hydrogens (tertiary/aromatic N) is 2. The summed E-state index contributed by atoms with van der Waals surface area (Å²) < 4.78 is 0. The lowest BCUT2D eigenvalue weighted by Gasteiger charge is -2.33. The van der Waals surface area contributed by atoms with Crippen LogP contribution in [0.15, 0.2) is 0 Å². The predicted octanol–water partition coefficient (Wildman–Crippen LogP) is 0.986. The van der Waals surface area contributed by atoms with Gasteiger partial charge >= 0.3 is 0 Å². The molecule has 3 fully saturated rings. The van der Waals surface area contributed by atoms with Crippen LogP contribution in [0.25, 0.3) is 0 Å². The van der Waals surface area contributed by atoms with Crippen molar-refractivity contribution in [2.45, 2.75) is 64.1 Å². The Morgan fingerprint density at radius 1 is 1.14 bits per heavy atom. The molecule has 5 nitrogen and oxygen atoms in total. The van der Waals surface area contributed by atoms with Gasteiger partial charge in [0.15, 0.2) is 0 Å². The van der Waals surface area contributed by atoms with Crippen LogP contribution in [0.5, 0.6) is 0 Å². The van der Waals surface area contributed by atoms with Crippen LogP contribution in [-0.4, -0.2) is 59.4 Å². The Morgan fingerprint density at radius 3 is 2.71 bits per heavy atom. The van der Waals surface area contributed by atoms with E-state index in [4.69, 9.17) is 0 Å². The van der Waals surface area contributed by atoms with Crippen molar-refractivity contribution in [3.8, 4) is 0 Å². The van der Waals surface area contributed by atoms with Crippen molar-refractivity contribution < 1.29 is 9.59 Å². The van der Waals surface area contributed by atoms with Gasteiger partial charge in [-0.1, -0.05) is 13.8 Å². The summed E-state index contributed by atoms with van der Waals surface area (Å²) in [6.45, 7) is 7.07. The maximum absolute atomic E-state index is 12.9. The summed E-state index contributed by atoms with van der Waals surface area (Å²) in [5.41, 5.74) is 0. The van der Waals surface area contributed by atoms with Crippen molar-refractivity contribution in [2.24, 2.45) is 5.92 Å². The lowest BCUT2D eigenvalue weighted by atomic mass is 10.00. The summed E-state index contributed by atoms with van der Waals surface area (Å²) in [4.78, 5) is 29.4. The maximum atomic E-state index is 12.9. The van der Waals surface area contributed by atoms with E-state index in [1.54, 1.807) is 0 Å². The molecule has 21 heavy (non-hydrogen) atoms. The second-order valence-corrected chi connectivity index (χ2v) is 7.13. The minimum Gasteiger partial charge on any atom is -0.344 e. The Balaban J connectivity index is 1.76. The minimum atomic E-state index is -0.324. The molecule has 0 aromatic rings. The molecule has 5 heteroatoms. The highest BCUT2D eigenvalue weighted by Crippen LogP contribution is 2.32. The van der Waals surface area contributed by atoms with Crippen LogP contribution in [0.3, 0.4) is 0 Å². The van der Waals surface area contributed by atoms with E-state index in [0.717, 1.165) is 19.4 Å². The van der Waals surface area contributed by atoms with Crippen LogP contribution in [0.4, 0.5) is 0 Å². The number of carbonyl (C=O) groups is 2. The molecule has 3 aliphatic heterocycles. The fourth-order valence-corrected chi connectivity index (χ4v) is 4.24. The third-order valence-electron chi connectivity index (χ3n) is 5.17. The summed E-state index contributed by atoms with van der Waals surface area (Å²) in [6, 6.07) is 0.527. The highest BCUT2D eigenvalue weighted by Gasteiger charge is 2.44. The quantitative estimate of drug-likeness (QED) is 0.844. The van der Waals surface area contributed by atoms with Gasteiger partial charge in [0.25, 0.3) is 0 Å². The van der Waals surface area contributed by atoms with Crippen molar-refractivity contribution in [1.82, 2.24) is 15.1 Å². The lowest BCUT2D eigenvalue weighted by Crippen LogP contribution is -2.51. The maximum Gasteiger partial charge on any atom is 0.245 e. The van der Waals surface area contributed by atoms with E-state index in [-0.39, 0.29) is 17.9 Å². The first-order valence-electron chi connectivity index (χ1n) is 8.40. The van der Waals surface area contributed by atoms with Gasteiger partial charge in [-0.25, -0.2) is 0 Å². The molecule has 2 amide bonds. The first kappa shape index (κ1) is 14.8. The summed E-state index contributed by atoms with van der Waals surface area (Å²) in [5, 5.41) is 2.93. The summed E-state index contributed by atoms with van der Waals surface area (Å²) >= 11 is 0. The summed E-state index contributed by atoms with van der Waals surface area (Å²) in [7, 11) is 0. The normalized spacial score (nSPS) is 34.2. The van der Waals surface area contributed by atoms with E-state index in [0.29, 0.717) is 31.0 Å². The van der Waals surface area contributed by atoms with Gasteiger partial charge < -0.3 is 10.2 Å². The van der Waals surface area contributed by atoms with Crippen molar-refractivity contribution in [3.05, 3.63) is 0 Å². The summed E-state index contributed by atoms with van der Waals surface area (Å²) in [6.07, 6.45) is 4.70. The number of hydrogen-bond donors (Lipinski definition) is 1. The van der Waals surface area contributed by atoms with Gasteiger partial charge in [0, 0.05) is 31.6 Å². The zero-order valence-electron chi connectivity index (χ0n) is 13.2. The number of carbonyl (C=O) groups excluding carboxylic acids is 2. The van der Waals surface area contributed by atoms with Gasteiger partial charge in [-0.05, 0) is 38.1 Å². The second kappa shape index (κ2) is 5.95. The molecule has 3 atom stereocenters. The van der Waals surface area contributed by atoms with E-state index in [1.807, 2.05) is 4.90 Å². The smallest absolute Gasteiger partial charge is 0.245 e. The van der Waals surface area contributed by atoms with Crippen LogP contribution < -0.4 is 5.32 Å². The van der Waals surface area contributed by atoms with Crippen molar-refractivity contribution in [2.75, 3.05) is 19.6 Å². The van der Waals surface area contributed by atoms with Crippen LogP contribution in [0, 0.1) is 5.92 Å². The van der Waals surface area contributed by atoms with E-state index in [9.17, 15) is 9.59 Å². The Labute approximate surface area is 127 Å². The molecule has 0 aromatic heterocycles. The number of amides is 2. The molecule has 118 valence electrons. The number of fused-ring (bicyclic) bond motifs is 1.